The molecule has 2 aliphatic rings. The van der Waals surface area contributed by atoms with Gasteiger partial charge in [-0.05, 0) is 44.0 Å². The third-order valence-corrected chi connectivity index (χ3v) is 4.78. The van der Waals surface area contributed by atoms with Crippen LogP contribution in [0.4, 0.5) is 16.2 Å². The first-order valence-corrected chi connectivity index (χ1v) is 7.66. The van der Waals surface area contributed by atoms with Gasteiger partial charge < -0.3 is 9.80 Å². The molecule has 0 aliphatic carbocycles. The number of imide groups is 1. The summed E-state index contributed by atoms with van der Waals surface area (Å²) in [6, 6.07) is 3.20. The van der Waals surface area contributed by atoms with E-state index in [1.54, 1.807) is 16.8 Å². The second-order valence-corrected chi connectivity index (χ2v) is 6.05. The van der Waals surface area contributed by atoms with E-state index in [1.165, 1.54) is 7.05 Å². The number of rotatable bonds is 2. The zero-order valence-electron chi connectivity index (χ0n) is 14.3. The minimum absolute atomic E-state index is 0.0516. The number of likely N-dealkylation sites (N-methyl/N-ethyl adjacent to an activating group) is 3. The molecule has 0 fully saturated rings. The lowest BCUT2D eigenvalue weighted by Gasteiger charge is -2.50. The van der Waals surface area contributed by atoms with E-state index in [0.29, 0.717) is 6.54 Å². The maximum atomic E-state index is 12.9. The highest BCUT2D eigenvalue weighted by Crippen LogP contribution is 2.44. The van der Waals surface area contributed by atoms with E-state index >= 15 is 0 Å². The Hall–Kier alpha value is -2.45. The number of carbonyl (C=O) groups excluding carboxylic acids is 2. The Bertz CT molecular complexity index is 776. The molecule has 2 heterocycles. The molecule has 0 radical (unpaired) electrons. The SMILES string of the molecule is CCN1c2cc(C)c(C)cc2N(C)C2=NC(=O)N(C)C(=O)C21OO. The van der Waals surface area contributed by atoms with Gasteiger partial charge in [-0.1, -0.05) is 0 Å². The molecule has 1 N–H and O–H groups in total. The normalized spacial score (nSPS) is 23.2. The molecule has 3 rings (SSSR count). The van der Waals surface area contributed by atoms with E-state index in [2.05, 4.69) is 4.99 Å². The number of nitrogens with zero attached hydrogens (tertiary/aromatic N) is 4. The van der Waals surface area contributed by atoms with Crippen molar-refractivity contribution >= 4 is 29.1 Å². The molecule has 1 unspecified atom stereocenters. The van der Waals surface area contributed by atoms with E-state index in [4.69, 9.17) is 4.89 Å². The number of aryl methyl sites for hydroxylation is 2. The number of amides is 3. The van der Waals surface area contributed by atoms with Gasteiger partial charge in [0.15, 0.2) is 5.84 Å². The van der Waals surface area contributed by atoms with Gasteiger partial charge in [-0.25, -0.2) is 10.1 Å². The Morgan fingerprint density at radius 1 is 1.12 bits per heavy atom. The van der Waals surface area contributed by atoms with Gasteiger partial charge in [0.05, 0.1) is 11.4 Å². The molecule has 0 bridgehead atoms. The molecule has 1 atom stereocenters. The largest absolute Gasteiger partial charge is 0.352 e. The van der Waals surface area contributed by atoms with Gasteiger partial charge >= 0.3 is 11.8 Å². The summed E-state index contributed by atoms with van der Waals surface area (Å²) in [6.07, 6.45) is 0. The average Bonchev–Trinajstić information content (AvgIpc) is 2.56. The van der Waals surface area contributed by atoms with Crippen molar-refractivity contribution in [2.75, 3.05) is 30.4 Å². The van der Waals surface area contributed by atoms with Crippen molar-refractivity contribution in [3.8, 4) is 0 Å². The number of fused-ring (bicyclic) bond motifs is 2. The first kappa shape index (κ1) is 16.4. The molecule has 128 valence electrons. The summed E-state index contributed by atoms with van der Waals surface area (Å²) in [6.45, 7) is 6.16. The summed E-state index contributed by atoms with van der Waals surface area (Å²) in [5.41, 5.74) is 1.76. The second kappa shape index (κ2) is 5.29. The van der Waals surface area contributed by atoms with Crippen LogP contribution in [0.15, 0.2) is 17.1 Å². The maximum absolute atomic E-state index is 12.9. The number of benzene rings is 1. The molecule has 1 aromatic carbocycles. The van der Waals surface area contributed by atoms with Crippen LogP contribution in [0.3, 0.4) is 0 Å². The molecule has 0 spiro atoms. The van der Waals surface area contributed by atoms with Crippen LogP contribution in [0.25, 0.3) is 0 Å². The Labute approximate surface area is 139 Å². The highest BCUT2D eigenvalue weighted by atomic mass is 17.1. The lowest BCUT2D eigenvalue weighted by molar-refractivity contribution is -0.293. The minimum atomic E-state index is -1.87. The van der Waals surface area contributed by atoms with Crippen LogP contribution >= 0.6 is 0 Å². The van der Waals surface area contributed by atoms with Crippen LogP contribution in [0.2, 0.25) is 0 Å². The van der Waals surface area contributed by atoms with Crippen molar-refractivity contribution in [1.29, 1.82) is 0 Å². The molecule has 8 nitrogen and oxygen atoms in total. The summed E-state index contributed by atoms with van der Waals surface area (Å²) in [7, 11) is 3.01. The van der Waals surface area contributed by atoms with E-state index in [1.807, 2.05) is 32.9 Å². The van der Waals surface area contributed by atoms with Crippen LogP contribution < -0.4 is 9.80 Å². The topological polar surface area (TPSA) is 85.7 Å². The van der Waals surface area contributed by atoms with Crippen LogP contribution in [0, 0.1) is 13.8 Å². The standard InChI is InChI=1S/C16H20N4O4/c1-6-20-12-8-10(3)9(2)7-11(12)18(4)13-16(20,24-23)14(21)19(5)15(22)17-13/h7-8,23H,6H2,1-5H3. The van der Waals surface area contributed by atoms with Gasteiger partial charge in [0.2, 0.25) is 0 Å². The van der Waals surface area contributed by atoms with Gasteiger partial charge in [0.25, 0.3) is 5.91 Å². The second-order valence-electron chi connectivity index (χ2n) is 6.05. The lowest BCUT2D eigenvalue weighted by atomic mass is 9.96. The molecular weight excluding hydrogens is 312 g/mol. The maximum Gasteiger partial charge on any atom is 0.352 e. The van der Waals surface area contributed by atoms with Gasteiger partial charge in [0, 0.05) is 20.6 Å². The number of amidine groups is 1. The fraction of sp³-hybridized carbons (Fsp3) is 0.438. The summed E-state index contributed by atoms with van der Waals surface area (Å²) in [5, 5.41) is 9.71. The Morgan fingerprint density at radius 2 is 1.71 bits per heavy atom. The third kappa shape index (κ3) is 1.83. The van der Waals surface area contributed by atoms with Crippen LogP contribution in [0.5, 0.6) is 0 Å². The minimum Gasteiger partial charge on any atom is -0.326 e. The van der Waals surface area contributed by atoms with Gasteiger partial charge in [0.1, 0.15) is 0 Å². The fourth-order valence-electron chi connectivity index (χ4n) is 3.27. The van der Waals surface area contributed by atoms with E-state index < -0.39 is 17.7 Å². The predicted molar refractivity (Wildman–Crippen MR) is 89.4 cm³/mol. The number of anilines is 2. The zero-order chi connectivity index (χ0) is 17.8. The van der Waals surface area contributed by atoms with Crippen molar-refractivity contribution < 1.29 is 19.7 Å². The van der Waals surface area contributed by atoms with E-state index in [9.17, 15) is 14.8 Å². The molecule has 3 amide bonds. The molecule has 24 heavy (non-hydrogen) atoms. The molecule has 2 aliphatic heterocycles. The average molecular weight is 332 g/mol. The molecule has 0 saturated heterocycles. The Morgan fingerprint density at radius 3 is 2.25 bits per heavy atom. The summed E-state index contributed by atoms with van der Waals surface area (Å²) >= 11 is 0. The number of urea groups is 1. The van der Waals surface area contributed by atoms with E-state index in [-0.39, 0.29) is 5.84 Å². The number of hydrogen-bond donors (Lipinski definition) is 1. The van der Waals surface area contributed by atoms with Crippen molar-refractivity contribution in [2.24, 2.45) is 4.99 Å². The van der Waals surface area contributed by atoms with Gasteiger partial charge in [-0.15, -0.1) is 0 Å². The third-order valence-electron chi connectivity index (χ3n) is 4.78. The summed E-state index contributed by atoms with van der Waals surface area (Å²) < 4.78 is 0. The monoisotopic (exact) mass is 332 g/mol. The Balaban J connectivity index is 2.36. The van der Waals surface area contributed by atoms with Crippen molar-refractivity contribution in [2.45, 2.75) is 26.5 Å². The number of carbonyl (C=O) groups is 2. The molecule has 0 aromatic heterocycles. The summed E-state index contributed by atoms with van der Waals surface area (Å²) in [5.74, 6) is -0.631. The van der Waals surface area contributed by atoms with Gasteiger partial charge in [-0.2, -0.15) is 9.88 Å². The van der Waals surface area contributed by atoms with Gasteiger partial charge in [-0.3, -0.25) is 9.69 Å². The molecule has 0 saturated carbocycles. The van der Waals surface area contributed by atoms with Crippen molar-refractivity contribution in [1.82, 2.24) is 4.90 Å². The molecule has 8 heteroatoms. The quantitative estimate of drug-likeness (QED) is 0.656. The zero-order valence-corrected chi connectivity index (χ0v) is 14.3. The number of aliphatic imine (C=N–C) groups is 1. The fourth-order valence-corrected chi connectivity index (χ4v) is 3.27. The Kier molecular flexibility index (Phi) is 3.61. The predicted octanol–water partition coefficient (Wildman–Crippen LogP) is 1.76. The lowest BCUT2D eigenvalue weighted by Crippen LogP contribution is -2.73. The van der Waals surface area contributed by atoms with E-state index in [0.717, 1.165) is 27.4 Å². The molecule has 1 aromatic rings. The first-order valence-electron chi connectivity index (χ1n) is 7.66. The smallest absolute Gasteiger partial charge is 0.326 e. The highest BCUT2D eigenvalue weighted by Gasteiger charge is 2.60. The van der Waals surface area contributed by atoms with Crippen molar-refractivity contribution in [3.05, 3.63) is 23.3 Å². The first-order chi connectivity index (χ1) is 11.3. The molecular formula is C16H20N4O4. The highest BCUT2D eigenvalue weighted by molar-refractivity contribution is 6.29. The van der Waals surface area contributed by atoms with Crippen LogP contribution in [-0.2, 0) is 9.68 Å². The van der Waals surface area contributed by atoms with Crippen molar-refractivity contribution in [3.63, 3.8) is 0 Å². The summed E-state index contributed by atoms with van der Waals surface area (Å²) in [4.78, 5) is 37.7. The number of hydrogen-bond acceptors (Lipinski definition) is 6. The van der Waals surface area contributed by atoms with Crippen LogP contribution in [0.1, 0.15) is 18.1 Å². The van der Waals surface area contributed by atoms with Crippen LogP contribution in [-0.4, -0.2) is 54.3 Å².